The second-order valence-electron chi connectivity index (χ2n) is 5.38. The Labute approximate surface area is 114 Å². The highest BCUT2D eigenvalue weighted by Gasteiger charge is 2.16. The molecule has 1 aromatic heterocycles. The molecule has 1 heterocycles. The lowest BCUT2D eigenvalue weighted by Gasteiger charge is -2.21. The lowest BCUT2D eigenvalue weighted by atomic mass is 9.87. The maximum absolute atomic E-state index is 11.2. The smallest absolute Gasteiger partial charge is 0.339 e. The molecule has 4 heteroatoms. The van der Waals surface area contributed by atoms with Crippen LogP contribution < -0.4 is 5.32 Å². The highest BCUT2D eigenvalue weighted by Crippen LogP contribution is 2.26. The molecule has 0 unspecified atom stereocenters. The SMILES string of the molecule is Cc1ccnc(NCCC2CCCCC2)c1C(=O)O. The van der Waals surface area contributed by atoms with Crippen LogP contribution in [0.15, 0.2) is 12.3 Å². The third-order valence-electron chi connectivity index (χ3n) is 3.94. The van der Waals surface area contributed by atoms with Crippen molar-refractivity contribution in [1.82, 2.24) is 4.98 Å². The Hall–Kier alpha value is -1.58. The third kappa shape index (κ3) is 3.69. The van der Waals surface area contributed by atoms with Crippen LogP contribution >= 0.6 is 0 Å². The molecule has 0 atom stereocenters. The van der Waals surface area contributed by atoms with Crippen LogP contribution in [0.25, 0.3) is 0 Å². The molecule has 0 radical (unpaired) electrons. The summed E-state index contributed by atoms with van der Waals surface area (Å²) >= 11 is 0. The molecule has 2 rings (SSSR count). The van der Waals surface area contributed by atoms with Crippen LogP contribution in [0.3, 0.4) is 0 Å². The van der Waals surface area contributed by atoms with Gasteiger partial charge in [-0.15, -0.1) is 0 Å². The number of pyridine rings is 1. The summed E-state index contributed by atoms with van der Waals surface area (Å²) in [5.74, 6) is 0.383. The van der Waals surface area contributed by atoms with Crippen LogP contribution in [0, 0.1) is 12.8 Å². The predicted octanol–water partition coefficient (Wildman–Crippen LogP) is 3.47. The topological polar surface area (TPSA) is 62.2 Å². The summed E-state index contributed by atoms with van der Waals surface area (Å²) in [5.41, 5.74) is 1.05. The summed E-state index contributed by atoms with van der Waals surface area (Å²) in [6.45, 7) is 2.61. The van der Waals surface area contributed by atoms with Crippen molar-refractivity contribution in [3.8, 4) is 0 Å². The van der Waals surface area contributed by atoms with E-state index < -0.39 is 5.97 Å². The summed E-state index contributed by atoms with van der Waals surface area (Å²) in [5, 5.41) is 12.4. The van der Waals surface area contributed by atoms with Crippen LogP contribution in [0.5, 0.6) is 0 Å². The molecule has 0 saturated heterocycles. The van der Waals surface area contributed by atoms with Crippen molar-refractivity contribution in [3.63, 3.8) is 0 Å². The van der Waals surface area contributed by atoms with Gasteiger partial charge >= 0.3 is 5.97 Å². The van der Waals surface area contributed by atoms with Gasteiger partial charge in [0.05, 0.1) is 0 Å². The van der Waals surface area contributed by atoms with E-state index in [-0.39, 0.29) is 0 Å². The number of anilines is 1. The first-order valence-electron chi connectivity index (χ1n) is 7.11. The summed E-state index contributed by atoms with van der Waals surface area (Å²) < 4.78 is 0. The number of carbonyl (C=O) groups is 1. The van der Waals surface area contributed by atoms with Crippen molar-refractivity contribution in [1.29, 1.82) is 0 Å². The van der Waals surface area contributed by atoms with Gasteiger partial charge in [-0.3, -0.25) is 0 Å². The Kier molecular flexibility index (Phi) is 4.77. The molecule has 0 aromatic carbocycles. The second-order valence-corrected chi connectivity index (χ2v) is 5.38. The zero-order valence-corrected chi connectivity index (χ0v) is 11.5. The van der Waals surface area contributed by atoms with Gasteiger partial charge in [0.1, 0.15) is 11.4 Å². The fourth-order valence-corrected chi connectivity index (χ4v) is 2.83. The van der Waals surface area contributed by atoms with E-state index in [1.54, 1.807) is 19.2 Å². The molecule has 19 heavy (non-hydrogen) atoms. The van der Waals surface area contributed by atoms with Gasteiger partial charge in [-0.2, -0.15) is 0 Å². The van der Waals surface area contributed by atoms with E-state index in [1.165, 1.54) is 32.1 Å². The summed E-state index contributed by atoms with van der Waals surface area (Å²) in [6, 6.07) is 1.73. The van der Waals surface area contributed by atoms with Crippen molar-refractivity contribution in [2.24, 2.45) is 5.92 Å². The van der Waals surface area contributed by atoms with E-state index in [4.69, 9.17) is 0 Å². The van der Waals surface area contributed by atoms with E-state index >= 15 is 0 Å². The molecule has 104 valence electrons. The summed E-state index contributed by atoms with van der Waals surface area (Å²) in [7, 11) is 0. The van der Waals surface area contributed by atoms with Crippen LogP contribution in [-0.4, -0.2) is 22.6 Å². The zero-order chi connectivity index (χ0) is 13.7. The lowest BCUT2D eigenvalue weighted by Crippen LogP contribution is -2.15. The van der Waals surface area contributed by atoms with Crippen LogP contribution in [0.2, 0.25) is 0 Å². The summed E-state index contributed by atoms with van der Waals surface area (Å²) in [4.78, 5) is 15.4. The maximum Gasteiger partial charge on any atom is 0.339 e. The number of aromatic nitrogens is 1. The predicted molar refractivity (Wildman–Crippen MR) is 75.6 cm³/mol. The first-order valence-corrected chi connectivity index (χ1v) is 7.11. The van der Waals surface area contributed by atoms with E-state index in [9.17, 15) is 9.90 Å². The van der Waals surface area contributed by atoms with Gasteiger partial charge in [0.2, 0.25) is 0 Å². The van der Waals surface area contributed by atoms with Gasteiger partial charge in [0.15, 0.2) is 0 Å². The number of nitrogens with zero attached hydrogens (tertiary/aromatic N) is 1. The number of rotatable bonds is 5. The number of nitrogens with one attached hydrogen (secondary N) is 1. The van der Waals surface area contributed by atoms with Crippen molar-refractivity contribution in [2.45, 2.75) is 45.4 Å². The number of aromatic carboxylic acids is 1. The van der Waals surface area contributed by atoms with Gasteiger partial charge in [-0.25, -0.2) is 9.78 Å². The van der Waals surface area contributed by atoms with Crippen LogP contribution in [-0.2, 0) is 0 Å². The van der Waals surface area contributed by atoms with Crippen molar-refractivity contribution in [2.75, 3.05) is 11.9 Å². The van der Waals surface area contributed by atoms with Crippen LogP contribution in [0.1, 0.15) is 54.4 Å². The highest BCUT2D eigenvalue weighted by molar-refractivity contribution is 5.94. The Morgan fingerprint density at radius 3 is 2.84 bits per heavy atom. The molecule has 1 aliphatic carbocycles. The molecule has 0 amide bonds. The number of carboxylic acid groups (broad SMARTS) is 1. The van der Waals surface area contributed by atoms with E-state index in [0.29, 0.717) is 11.4 Å². The van der Waals surface area contributed by atoms with E-state index in [2.05, 4.69) is 10.3 Å². The van der Waals surface area contributed by atoms with Gasteiger partial charge in [0.25, 0.3) is 0 Å². The van der Waals surface area contributed by atoms with Crippen molar-refractivity contribution < 1.29 is 9.90 Å². The lowest BCUT2D eigenvalue weighted by molar-refractivity contribution is 0.0697. The van der Waals surface area contributed by atoms with Crippen molar-refractivity contribution in [3.05, 3.63) is 23.4 Å². The molecular weight excluding hydrogens is 240 g/mol. The summed E-state index contributed by atoms with van der Waals surface area (Å²) in [6.07, 6.45) is 9.44. The van der Waals surface area contributed by atoms with Gasteiger partial charge < -0.3 is 10.4 Å². The molecule has 1 fully saturated rings. The van der Waals surface area contributed by atoms with Crippen LogP contribution in [0.4, 0.5) is 5.82 Å². The van der Waals surface area contributed by atoms with E-state index in [0.717, 1.165) is 24.4 Å². The number of carboxylic acids is 1. The largest absolute Gasteiger partial charge is 0.478 e. The minimum Gasteiger partial charge on any atom is -0.478 e. The van der Waals surface area contributed by atoms with Gasteiger partial charge in [-0.1, -0.05) is 32.1 Å². The zero-order valence-electron chi connectivity index (χ0n) is 11.5. The van der Waals surface area contributed by atoms with Crippen molar-refractivity contribution >= 4 is 11.8 Å². The molecule has 0 bridgehead atoms. The highest BCUT2D eigenvalue weighted by atomic mass is 16.4. The Bertz CT molecular complexity index is 440. The number of hydrogen-bond donors (Lipinski definition) is 2. The molecule has 0 spiro atoms. The normalized spacial score (nSPS) is 16.3. The molecule has 4 nitrogen and oxygen atoms in total. The molecule has 1 aromatic rings. The first-order chi connectivity index (χ1) is 9.18. The average molecular weight is 262 g/mol. The third-order valence-corrected chi connectivity index (χ3v) is 3.94. The minimum atomic E-state index is -0.911. The molecule has 0 aliphatic heterocycles. The quantitative estimate of drug-likeness (QED) is 0.853. The van der Waals surface area contributed by atoms with Gasteiger partial charge in [-0.05, 0) is 30.9 Å². The Balaban J connectivity index is 1.92. The molecular formula is C15H22N2O2. The standard InChI is InChI=1S/C15H22N2O2/c1-11-7-9-16-14(13(11)15(18)19)17-10-8-12-5-3-2-4-6-12/h7,9,12H,2-6,8,10H2,1H3,(H,16,17)(H,18,19). The second kappa shape index (κ2) is 6.55. The average Bonchev–Trinajstić information content (AvgIpc) is 2.39. The number of aryl methyl sites for hydroxylation is 1. The molecule has 2 N–H and O–H groups in total. The van der Waals surface area contributed by atoms with E-state index in [1.807, 2.05) is 0 Å². The Morgan fingerprint density at radius 2 is 2.16 bits per heavy atom. The maximum atomic E-state index is 11.2. The molecule has 1 aliphatic rings. The monoisotopic (exact) mass is 262 g/mol. The Morgan fingerprint density at radius 1 is 1.42 bits per heavy atom. The minimum absolute atomic E-state index is 0.297. The first kappa shape index (κ1) is 13.8. The molecule has 1 saturated carbocycles. The number of hydrogen-bond acceptors (Lipinski definition) is 3. The van der Waals surface area contributed by atoms with Gasteiger partial charge in [0, 0.05) is 12.7 Å². The fraction of sp³-hybridized carbons (Fsp3) is 0.600. The fourth-order valence-electron chi connectivity index (χ4n) is 2.83.